The minimum Gasteiger partial charge on any atom is -0.504 e. The molecule has 0 radical (unpaired) electrons. The molecule has 0 atom stereocenters. The van der Waals surface area contributed by atoms with Crippen molar-refractivity contribution < 1.29 is 15.0 Å². The normalized spacial score (nSPS) is 13.8. The number of aromatic hydroxyl groups is 2. The predicted octanol–water partition coefficient (Wildman–Crippen LogP) is 3.18. The number of anilines is 1. The standard InChI is InChI=1S/C21H23NO4/c1-14-12-19(24)21(26)20(25)13-17(14)18(23)9-6-15-4-7-16(8-5-15)22-10-2-3-11-22/h4-5,7-8,12-13H,2-3,6,9-11H2,1H3,(H2,24,25,26). The molecule has 5 nitrogen and oxygen atoms in total. The number of carbonyl (C=O) groups is 1. The van der Waals surface area contributed by atoms with Crippen molar-refractivity contribution in [2.75, 3.05) is 18.0 Å². The number of hydrogen-bond acceptors (Lipinski definition) is 5. The zero-order chi connectivity index (χ0) is 18.7. The van der Waals surface area contributed by atoms with E-state index < -0.39 is 16.9 Å². The van der Waals surface area contributed by atoms with Gasteiger partial charge in [0.15, 0.2) is 11.5 Å². The van der Waals surface area contributed by atoms with Gasteiger partial charge in [0.2, 0.25) is 11.2 Å². The van der Waals surface area contributed by atoms with Crippen molar-refractivity contribution in [1.82, 2.24) is 0 Å². The molecule has 2 N–H and O–H groups in total. The van der Waals surface area contributed by atoms with E-state index in [9.17, 15) is 19.8 Å². The maximum atomic E-state index is 12.5. The number of nitrogens with zero attached hydrogens (tertiary/aromatic N) is 1. The van der Waals surface area contributed by atoms with Gasteiger partial charge in [-0.15, -0.1) is 0 Å². The fourth-order valence-electron chi connectivity index (χ4n) is 3.33. The van der Waals surface area contributed by atoms with E-state index in [1.165, 1.54) is 30.7 Å². The van der Waals surface area contributed by atoms with Gasteiger partial charge in [0.25, 0.3) is 0 Å². The first-order chi connectivity index (χ1) is 12.5. The highest BCUT2D eigenvalue weighted by atomic mass is 16.3. The maximum Gasteiger partial charge on any atom is 0.224 e. The molecule has 0 bridgehead atoms. The fraction of sp³-hybridized carbons (Fsp3) is 0.333. The lowest BCUT2D eigenvalue weighted by molar-refractivity contribution is 0.0982. The molecular weight excluding hydrogens is 330 g/mol. The number of aryl methyl sites for hydroxylation is 2. The Bertz CT molecular complexity index is 868. The summed E-state index contributed by atoms with van der Waals surface area (Å²) in [6.45, 7) is 3.82. The van der Waals surface area contributed by atoms with Crippen molar-refractivity contribution in [3.05, 3.63) is 63.3 Å². The molecule has 0 aliphatic carbocycles. The second-order valence-electron chi connectivity index (χ2n) is 6.77. The average molecular weight is 353 g/mol. The van der Waals surface area contributed by atoms with Crippen LogP contribution in [-0.4, -0.2) is 29.1 Å². The van der Waals surface area contributed by atoms with Crippen molar-refractivity contribution in [1.29, 1.82) is 0 Å². The zero-order valence-corrected chi connectivity index (χ0v) is 14.9. The summed E-state index contributed by atoms with van der Waals surface area (Å²) >= 11 is 0. The van der Waals surface area contributed by atoms with Crippen LogP contribution in [0.15, 0.2) is 41.2 Å². The summed E-state index contributed by atoms with van der Waals surface area (Å²) in [4.78, 5) is 26.5. The van der Waals surface area contributed by atoms with E-state index >= 15 is 0 Å². The first-order valence-corrected chi connectivity index (χ1v) is 8.89. The Hall–Kier alpha value is -2.82. The number of carbonyl (C=O) groups excluding carboxylic acids is 1. The number of ketones is 1. The molecule has 0 amide bonds. The van der Waals surface area contributed by atoms with E-state index in [0.717, 1.165) is 18.7 Å². The van der Waals surface area contributed by atoms with Crippen LogP contribution in [0.1, 0.15) is 40.7 Å². The summed E-state index contributed by atoms with van der Waals surface area (Å²) in [5.74, 6) is -1.47. The highest BCUT2D eigenvalue weighted by Crippen LogP contribution is 2.24. The van der Waals surface area contributed by atoms with E-state index in [-0.39, 0.29) is 17.8 Å². The first-order valence-electron chi connectivity index (χ1n) is 8.89. The molecule has 0 saturated carbocycles. The smallest absolute Gasteiger partial charge is 0.224 e. The number of benzene rings is 1. The van der Waals surface area contributed by atoms with Crippen molar-refractivity contribution >= 4 is 11.5 Å². The molecule has 5 heteroatoms. The molecule has 1 heterocycles. The first kappa shape index (κ1) is 18.0. The van der Waals surface area contributed by atoms with Gasteiger partial charge in [0.05, 0.1) is 0 Å². The lowest BCUT2D eigenvalue weighted by Crippen LogP contribution is -2.17. The van der Waals surface area contributed by atoms with Gasteiger partial charge in [-0.25, -0.2) is 0 Å². The summed E-state index contributed by atoms with van der Waals surface area (Å²) in [6.07, 6.45) is 3.31. The van der Waals surface area contributed by atoms with Crippen LogP contribution < -0.4 is 10.3 Å². The molecule has 1 fully saturated rings. The van der Waals surface area contributed by atoms with Gasteiger partial charge in [-0.05, 0) is 61.6 Å². The van der Waals surface area contributed by atoms with E-state index in [0.29, 0.717) is 12.0 Å². The Morgan fingerprint density at radius 3 is 2.38 bits per heavy atom. The second-order valence-corrected chi connectivity index (χ2v) is 6.77. The number of Topliss-reactive ketones (excluding diaryl/α,β-unsaturated/α-hetero) is 1. The predicted molar refractivity (Wildman–Crippen MR) is 101 cm³/mol. The molecule has 0 unspecified atom stereocenters. The van der Waals surface area contributed by atoms with Gasteiger partial charge in [0, 0.05) is 30.8 Å². The highest BCUT2D eigenvalue weighted by Gasteiger charge is 2.14. The number of rotatable bonds is 5. The molecule has 2 aromatic rings. The lowest BCUT2D eigenvalue weighted by Gasteiger charge is -2.17. The summed E-state index contributed by atoms with van der Waals surface area (Å²) in [7, 11) is 0. The Labute approximate surface area is 152 Å². The van der Waals surface area contributed by atoms with Gasteiger partial charge >= 0.3 is 0 Å². The third-order valence-corrected chi connectivity index (χ3v) is 4.88. The van der Waals surface area contributed by atoms with Crippen molar-refractivity contribution in [3.63, 3.8) is 0 Å². The fourth-order valence-corrected chi connectivity index (χ4v) is 3.33. The van der Waals surface area contributed by atoms with Crippen LogP contribution in [0, 0.1) is 6.92 Å². The quantitative estimate of drug-likeness (QED) is 0.807. The van der Waals surface area contributed by atoms with Gasteiger partial charge in [0.1, 0.15) is 0 Å². The average Bonchev–Trinajstić information content (AvgIpc) is 3.15. The Morgan fingerprint density at radius 1 is 1.08 bits per heavy atom. The van der Waals surface area contributed by atoms with Crippen LogP contribution in [0.3, 0.4) is 0 Å². The summed E-state index contributed by atoms with van der Waals surface area (Å²) in [5.41, 5.74) is 2.29. The molecule has 0 spiro atoms. The van der Waals surface area contributed by atoms with Crippen LogP contribution in [-0.2, 0) is 6.42 Å². The van der Waals surface area contributed by atoms with Crippen molar-refractivity contribution in [3.8, 4) is 11.5 Å². The molecule has 1 saturated heterocycles. The lowest BCUT2D eigenvalue weighted by atomic mass is 10.0. The molecule has 2 aromatic carbocycles. The summed E-state index contributed by atoms with van der Waals surface area (Å²) in [5, 5.41) is 19.3. The molecule has 1 aliphatic heterocycles. The molecule has 0 aromatic heterocycles. The Morgan fingerprint density at radius 2 is 1.73 bits per heavy atom. The molecular formula is C21H23NO4. The molecule has 136 valence electrons. The Kier molecular flexibility index (Phi) is 5.26. The topological polar surface area (TPSA) is 77.8 Å². The molecule has 1 aliphatic rings. The van der Waals surface area contributed by atoms with Crippen LogP contribution in [0.4, 0.5) is 5.69 Å². The minimum absolute atomic E-state index is 0.170. The summed E-state index contributed by atoms with van der Waals surface area (Å²) in [6, 6.07) is 10.6. The van der Waals surface area contributed by atoms with Crippen LogP contribution in [0.25, 0.3) is 0 Å². The second kappa shape index (κ2) is 7.60. The van der Waals surface area contributed by atoms with Crippen molar-refractivity contribution in [2.24, 2.45) is 0 Å². The van der Waals surface area contributed by atoms with E-state index in [1.54, 1.807) is 6.92 Å². The third kappa shape index (κ3) is 3.87. The van der Waals surface area contributed by atoms with Crippen LogP contribution in [0.2, 0.25) is 0 Å². The van der Waals surface area contributed by atoms with Gasteiger partial charge in [-0.3, -0.25) is 9.59 Å². The third-order valence-electron chi connectivity index (χ3n) is 4.88. The molecule has 3 rings (SSSR count). The molecule has 26 heavy (non-hydrogen) atoms. The monoisotopic (exact) mass is 353 g/mol. The van der Waals surface area contributed by atoms with Crippen molar-refractivity contribution in [2.45, 2.75) is 32.6 Å². The Balaban J connectivity index is 1.70. The van der Waals surface area contributed by atoms with E-state index in [4.69, 9.17) is 0 Å². The van der Waals surface area contributed by atoms with E-state index in [2.05, 4.69) is 17.0 Å². The van der Waals surface area contributed by atoms with Crippen LogP contribution in [0.5, 0.6) is 11.5 Å². The minimum atomic E-state index is -0.732. The largest absolute Gasteiger partial charge is 0.504 e. The maximum absolute atomic E-state index is 12.5. The highest BCUT2D eigenvalue weighted by molar-refractivity contribution is 5.97. The van der Waals surface area contributed by atoms with Gasteiger partial charge in [-0.2, -0.15) is 0 Å². The van der Waals surface area contributed by atoms with E-state index in [1.807, 2.05) is 12.1 Å². The summed E-state index contributed by atoms with van der Waals surface area (Å²) < 4.78 is 0. The number of hydrogen-bond donors (Lipinski definition) is 2. The zero-order valence-electron chi connectivity index (χ0n) is 14.9. The van der Waals surface area contributed by atoms with Gasteiger partial charge in [-0.1, -0.05) is 12.1 Å². The van der Waals surface area contributed by atoms with Gasteiger partial charge < -0.3 is 15.1 Å². The van der Waals surface area contributed by atoms with Crippen LogP contribution >= 0.6 is 0 Å². The SMILES string of the molecule is Cc1cc(=O)c(O)c(O)cc1C(=O)CCc1ccc(N2CCCC2)cc1.